The summed E-state index contributed by atoms with van der Waals surface area (Å²) in [6, 6.07) is 17.6. The maximum absolute atomic E-state index is 11.9. The Morgan fingerprint density at radius 3 is 2.45 bits per heavy atom. The first-order chi connectivity index (χ1) is 10.6. The van der Waals surface area contributed by atoms with E-state index in [0.29, 0.717) is 18.0 Å². The van der Waals surface area contributed by atoms with Crippen molar-refractivity contribution in [3.05, 3.63) is 65.2 Å². The molecule has 0 saturated carbocycles. The number of halogens is 1. The molecule has 0 radical (unpaired) electrons. The fourth-order valence-electron chi connectivity index (χ4n) is 2.21. The molecule has 0 aliphatic carbocycles. The Hall–Kier alpha value is -2.00. The van der Waals surface area contributed by atoms with Crippen LogP contribution in [0, 0.1) is 0 Å². The monoisotopic (exact) mass is 316 g/mol. The maximum atomic E-state index is 11.9. The zero-order chi connectivity index (χ0) is 15.8. The molecule has 1 N–H and O–H groups in total. The third-order valence-electron chi connectivity index (χ3n) is 3.47. The average Bonchev–Trinajstić information content (AvgIpc) is 2.54. The molecule has 0 atom stereocenters. The van der Waals surface area contributed by atoms with Gasteiger partial charge in [-0.2, -0.15) is 0 Å². The third kappa shape index (κ3) is 5.41. The van der Waals surface area contributed by atoms with Crippen molar-refractivity contribution in [2.45, 2.75) is 12.8 Å². The van der Waals surface area contributed by atoms with Gasteiger partial charge < -0.3 is 10.2 Å². The summed E-state index contributed by atoms with van der Waals surface area (Å²) in [6.45, 7) is 1.59. The van der Waals surface area contributed by atoms with E-state index in [-0.39, 0.29) is 5.91 Å². The first-order valence-electron chi connectivity index (χ1n) is 7.42. The number of carbonyl (C=O) groups is 1. The lowest BCUT2D eigenvalue weighted by Crippen LogP contribution is -2.29. The molecule has 0 aliphatic rings. The number of rotatable bonds is 7. The second kappa shape index (κ2) is 8.44. The SMILES string of the molecule is CN(CCCNC(=O)Cc1ccc(Cl)cc1)c1ccccc1. The maximum Gasteiger partial charge on any atom is 0.224 e. The molecule has 2 aromatic rings. The number of anilines is 1. The van der Waals surface area contributed by atoms with Crippen molar-refractivity contribution < 1.29 is 4.79 Å². The van der Waals surface area contributed by atoms with Crippen LogP contribution in [-0.2, 0) is 11.2 Å². The zero-order valence-corrected chi connectivity index (χ0v) is 13.5. The fourth-order valence-corrected chi connectivity index (χ4v) is 2.33. The Kier molecular flexibility index (Phi) is 6.28. The molecule has 0 heterocycles. The first-order valence-corrected chi connectivity index (χ1v) is 7.80. The normalized spacial score (nSPS) is 10.3. The number of nitrogens with one attached hydrogen (secondary N) is 1. The van der Waals surface area contributed by atoms with Gasteiger partial charge in [0, 0.05) is 30.8 Å². The summed E-state index contributed by atoms with van der Waals surface area (Å²) in [5.41, 5.74) is 2.17. The van der Waals surface area contributed by atoms with Crippen LogP contribution in [0.5, 0.6) is 0 Å². The van der Waals surface area contributed by atoms with Gasteiger partial charge in [0.15, 0.2) is 0 Å². The van der Waals surface area contributed by atoms with Crippen LogP contribution in [0.1, 0.15) is 12.0 Å². The van der Waals surface area contributed by atoms with E-state index in [1.165, 1.54) is 5.69 Å². The molecule has 4 heteroatoms. The summed E-state index contributed by atoms with van der Waals surface area (Å²) in [5.74, 6) is 0.0460. The molecule has 0 bridgehead atoms. The molecule has 0 fully saturated rings. The van der Waals surface area contributed by atoms with Crippen molar-refractivity contribution in [2.24, 2.45) is 0 Å². The Balaban J connectivity index is 1.66. The lowest BCUT2D eigenvalue weighted by atomic mass is 10.1. The van der Waals surface area contributed by atoms with Crippen LogP contribution < -0.4 is 10.2 Å². The molecule has 0 spiro atoms. The van der Waals surface area contributed by atoms with Crippen molar-refractivity contribution >= 4 is 23.2 Å². The predicted octanol–water partition coefficient (Wildman–Crippen LogP) is 3.53. The van der Waals surface area contributed by atoms with Crippen LogP contribution in [-0.4, -0.2) is 26.0 Å². The summed E-state index contributed by atoms with van der Waals surface area (Å²) < 4.78 is 0. The molecule has 0 aromatic heterocycles. The second-order valence-electron chi connectivity index (χ2n) is 5.26. The van der Waals surface area contributed by atoms with Gasteiger partial charge in [-0.25, -0.2) is 0 Å². The number of hydrogen-bond donors (Lipinski definition) is 1. The molecule has 116 valence electrons. The van der Waals surface area contributed by atoms with Gasteiger partial charge in [-0.1, -0.05) is 41.9 Å². The van der Waals surface area contributed by atoms with Gasteiger partial charge in [-0.05, 0) is 36.2 Å². The molecule has 3 nitrogen and oxygen atoms in total. The van der Waals surface area contributed by atoms with Crippen LogP contribution in [0.3, 0.4) is 0 Å². The first kappa shape index (κ1) is 16.4. The number of carbonyl (C=O) groups excluding carboxylic acids is 1. The van der Waals surface area contributed by atoms with E-state index < -0.39 is 0 Å². The molecular weight excluding hydrogens is 296 g/mol. The highest BCUT2D eigenvalue weighted by atomic mass is 35.5. The molecule has 2 aromatic carbocycles. The lowest BCUT2D eigenvalue weighted by molar-refractivity contribution is -0.120. The predicted molar refractivity (Wildman–Crippen MR) is 92.5 cm³/mol. The van der Waals surface area contributed by atoms with Crippen LogP contribution in [0.2, 0.25) is 5.02 Å². The Morgan fingerprint density at radius 2 is 1.77 bits per heavy atom. The fraction of sp³-hybridized carbons (Fsp3) is 0.278. The van der Waals surface area contributed by atoms with Crippen molar-refractivity contribution in [1.29, 1.82) is 0 Å². The molecule has 2 rings (SSSR count). The lowest BCUT2D eigenvalue weighted by Gasteiger charge is -2.19. The molecule has 1 amide bonds. The van der Waals surface area contributed by atoms with Gasteiger partial charge in [0.1, 0.15) is 0 Å². The number of para-hydroxylation sites is 1. The van der Waals surface area contributed by atoms with E-state index >= 15 is 0 Å². The zero-order valence-electron chi connectivity index (χ0n) is 12.8. The van der Waals surface area contributed by atoms with Crippen molar-refractivity contribution in [1.82, 2.24) is 5.32 Å². The molecule has 0 aliphatic heterocycles. The third-order valence-corrected chi connectivity index (χ3v) is 3.72. The number of hydrogen-bond acceptors (Lipinski definition) is 2. The van der Waals surface area contributed by atoms with E-state index in [1.54, 1.807) is 12.1 Å². The van der Waals surface area contributed by atoms with Crippen LogP contribution in [0.15, 0.2) is 54.6 Å². The van der Waals surface area contributed by atoms with E-state index in [2.05, 4.69) is 29.4 Å². The topological polar surface area (TPSA) is 32.3 Å². The van der Waals surface area contributed by atoms with Gasteiger partial charge in [0.2, 0.25) is 5.91 Å². The smallest absolute Gasteiger partial charge is 0.224 e. The summed E-state index contributed by atoms with van der Waals surface area (Å²) in [6.07, 6.45) is 1.31. The van der Waals surface area contributed by atoms with Gasteiger partial charge in [0.25, 0.3) is 0 Å². The summed E-state index contributed by atoms with van der Waals surface area (Å²) in [7, 11) is 2.06. The summed E-state index contributed by atoms with van der Waals surface area (Å²) in [4.78, 5) is 14.0. The van der Waals surface area contributed by atoms with Crippen LogP contribution >= 0.6 is 11.6 Å². The number of benzene rings is 2. The molecular formula is C18H21ClN2O. The second-order valence-corrected chi connectivity index (χ2v) is 5.70. The minimum Gasteiger partial charge on any atom is -0.375 e. The van der Waals surface area contributed by atoms with Gasteiger partial charge in [-0.3, -0.25) is 4.79 Å². The molecule has 22 heavy (non-hydrogen) atoms. The molecule has 0 saturated heterocycles. The largest absolute Gasteiger partial charge is 0.375 e. The Labute approximate surface area is 136 Å². The standard InChI is InChI=1S/C18H21ClN2O/c1-21(17-6-3-2-4-7-17)13-5-12-20-18(22)14-15-8-10-16(19)11-9-15/h2-4,6-11H,5,12-14H2,1H3,(H,20,22). The summed E-state index contributed by atoms with van der Waals surface area (Å²) >= 11 is 5.83. The number of amides is 1. The van der Waals surface area contributed by atoms with E-state index in [0.717, 1.165) is 18.5 Å². The average molecular weight is 317 g/mol. The van der Waals surface area contributed by atoms with Crippen molar-refractivity contribution in [3.63, 3.8) is 0 Å². The van der Waals surface area contributed by atoms with Crippen LogP contribution in [0.25, 0.3) is 0 Å². The minimum atomic E-state index is 0.0460. The minimum absolute atomic E-state index is 0.0460. The van der Waals surface area contributed by atoms with E-state index in [9.17, 15) is 4.79 Å². The van der Waals surface area contributed by atoms with Gasteiger partial charge in [0.05, 0.1) is 6.42 Å². The van der Waals surface area contributed by atoms with Gasteiger partial charge >= 0.3 is 0 Å². The van der Waals surface area contributed by atoms with E-state index in [1.807, 2.05) is 30.3 Å². The Bertz CT molecular complexity index is 584. The van der Waals surface area contributed by atoms with Crippen molar-refractivity contribution in [2.75, 3.05) is 25.0 Å². The van der Waals surface area contributed by atoms with Crippen molar-refractivity contribution in [3.8, 4) is 0 Å². The van der Waals surface area contributed by atoms with Crippen LogP contribution in [0.4, 0.5) is 5.69 Å². The highest BCUT2D eigenvalue weighted by Crippen LogP contribution is 2.11. The quantitative estimate of drug-likeness (QED) is 0.793. The van der Waals surface area contributed by atoms with Gasteiger partial charge in [-0.15, -0.1) is 0 Å². The van der Waals surface area contributed by atoms with E-state index in [4.69, 9.17) is 11.6 Å². The number of nitrogens with zero attached hydrogens (tertiary/aromatic N) is 1. The highest BCUT2D eigenvalue weighted by molar-refractivity contribution is 6.30. The Morgan fingerprint density at radius 1 is 1.09 bits per heavy atom. The highest BCUT2D eigenvalue weighted by Gasteiger charge is 2.04. The summed E-state index contributed by atoms with van der Waals surface area (Å²) in [5, 5.41) is 3.64. The molecule has 0 unspecified atom stereocenters.